The minimum absolute atomic E-state index is 0. The highest BCUT2D eigenvalue weighted by Crippen LogP contribution is 2.24. The summed E-state index contributed by atoms with van der Waals surface area (Å²) in [5.74, 6) is 0.724. The van der Waals surface area contributed by atoms with Gasteiger partial charge in [0.05, 0.1) is 6.61 Å². The Morgan fingerprint density at radius 3 is 2.29 bits per heavy atom. The highest BCUT2D eigenvalue weighted by atomic mass is 35.5. The van der Waals surface area contributed by atoms with Gasteiger partial charge in [-0.3, -0.25) is 0 Å². The van der Waals surface area contributed by atoms with E-state index in [1.54, 1.807) is 7.11 Å². The van der Waals surface area contributed by atoms with Gasteiger partial charge in [-0.1, -0.05) is 13.8 Å². The SMILES string of the molecule is COCC(C)(C)CN1CCC(C(C)N)CC1.Cl. The molecule has 0 aromatic heterocycles. The van der Waals surface area contributed by atoms with Crippen molar-refractivity contribution in [2.75, 3.05) is 33.4 Å². The molecule has 1 aliphatic rings. The molecule has 1 heterocycles. The number of nitrogens with two attached hydrogens (primary N) is 1. The Bertz CT molecular complexity index is 202. The molecule has 17 heavy (non-hydrogen) atoms. The van der Waals surface area contributed by atoms with Gasteiger partial charge in [0.25, 0.3) is 0 Å². The van der Waals surface area contributed by atoms with Gasteiger partial charge < -0.3 is 15.4 Å². The molecule has 4 heteroatoms. The fourth-order valence-electron chi connectivity index (χ4n) is 2.68. The highest BCUT2D eigenvalue weighted by molar-refractivity contribution is 5.85. The van der Waals surface area contributed by atoms with Gasteiger partial charge in [0.1, 0.15) is 0 Å². The maximum Gasteiger partial charge on any atom is 0.0525 e. The summed E-state index contributed by atoms with van der Waals surface area (Å²) < 4.78 is 5.26. The first kappa shape index (κ1) is 17.2. The second-order valence-corrected chi connectivity index (χ2v) is 6.07. The molecule has 0 aliphatic carbocycles. The van der Waals surface area contributed by atoms with Crippen molar-refractivity contribution in [1.82, 2.24) is 4.90 Å². The maximum atomic E-state index is 5.95. The number of methoxy groups -OCH3 is 1. The Kier molecular flexibility index (Phi) is 7.65. The predicted octanol–water partition coefficient (Wildman–Crippen LogP) is 2.14. The number of piperidine rings is 1. The topological polar surface area (TPSA) is 38.5 Å². The molecule has 0 aromatic rings. The van der Waals surface area contributed by atoms with Crippen LogP contribution in [0.25, 0.3) is 0 Å². The lowest BCUT2D eigenvalue weighted by molar-refractivity contribution is 0.0551. The van der Waals surface area contributed by atoms with Crippen molar-refractivity contribution in [3.63, 3.8) is 0 Å². The van der Waals surface area contributed by atoms with Gasteiger partial charge in [-0.15, -0.1) is 12.4 Å². The lowest BCUT2D eigenvalue weighted by Crippen LogP contribution is -2.44. The third-order valence-corrected chi connectivity index (χ3v) is 3.56. The van der Waals surface area contributed by atoms with Gasteiger partial charge in [0.15, 0.2) is 0 Å². The minimum Gasteiger partial charge on any atom is -0.384 e. The van der Waals surface area contributed by atoms with E-state index >= 15 is 0 Å². The van der Waals surface area contributed by atoms with Crippen LogP contribution in [0.4, 0.5) is 0 Å². The van der Waals surface area contributed by atoms with Crippen LogP contribution in [-0.2, 0) is 4.74 Å². The van der Waals surface area contributed by atoms with Gasteiger partial charge in [-0.05, 0) is 38.8 Å². The van der Waals surface area contributed by atoms with Crippen LogP contribution in [0.5, 0.6) is 0 Å². The van der Waals surface area contributed by atoms with Gasteiger partial charge in [-0.2, -0.15) is 0 Å². The molecular formula is C13H29ClN2O. The molecule has 3 nitrogen and oxygen atoms in total. The van der Waals surface area contributed by atoms with E-state index in [2.05, 4.69) is 25.7 Å². The molecular weight excluding hydrogens is 236 g/mol. The summed E-state index contributed by atoms with van der Waals surface area (Å²) in [6.45, 7) is 11.0. The van der Waals surface area contributed by atoms with E-state index < -0.39 is 0 Å². The van der Waals surface area contributed by atoms with E-state index in [-0.39, 0.29) is 17.8 Å². The molecule has 0 spiro atoms. The van der Waals surface area contributed by atoms with Crippen molar-refractivity contribution in [2.45, 2.75) is 39.7 Å². The number of hydrogen-bond acceptors (Lipinski definition) is 3. The monoisotopic (exact) mass is 264 g/mol. The smallest absolute Gasteiger partial charge is 0.0525 e. The lowest BCUT2D eigenvalue weighted by Gasteiger charge is -2.38. The van der Waals surface area contributed by atoms with Gasteiger partial charge >= 0.3 is 0 Å². The molecule has 2 N–H and O–H groups in total. The fraction of sp³-hybridized carbons (Fsp3) is 1.00. The summed E-state index contributed by atoms with van der Waals surface area (Å²) in [6.07, 6.45) is 2.50. The third-order valence-electron chi connectivity index (χ3n) is 3.56. The van der Waals surface area contributed by atoms with Crippen molar-refractivity contribution in [3.05, 3.63) is 0 Å². The van der Waals surface area contributed by atoms with Gasteiger partial charge in [-0.25, -0.2) is 0 Å². The second-order valence-electron chi connectivity index (χ2n) is 6.07. The van der Waals surface area contributed by atoms with Crippen LogP contribution in [0.2, 0.25) is 0 Å². The highest BCUT2D eigenvalue weighted by Gasteiger charge is 2.26. The van der Waals surface area contributed by atoms with E-state index in [9.17, 15) is 0 Å². The van der Waals surface area contributed by atoms with Crippen molar-refractivity contribution in [2.24, 2.45) is 17.1 Å². The normalized spacial score (nSPS) is 21.0. The van der Waals surface area contributed by atoms with E-state index in [0.717, 1.165) is 19.1 Å². The first-order chi connectivity index (χ1) is 7.44. The predicted molar refractivity (Wildman–Crippen MR) is 75.7 cm³/mol. The first-order valence-electron chi connectivity index (χ1n) is 6.41. The molecule has 1 rings (SSSR count). The van der Waals surface area contributed by atoms with Crippen LogP contribution >= 0.6 is 12.4 Å². The van der Waals surface area contributed by atoms with Crippen LogP contribution < -0.4 is 5.73 Å². The third kappa shape index (κ3) is 6.05. The molecule has 0 bridgehead atoms. The number of hydrogen-bond donors (Lipinski definition) is 1. The standard InChI is InChI=1S/C13H28N2O.ClH/c1-11(14)12-5-7-15(8-6-12)9-13(2,3)10-16-4;/h11-12H,5-10,14H2,1-4H3;1H. The Labute approximate surface area is 112 Å². The molecule has 0 aromatic carbocycles. The summed E-state index contributed by atoms with van der Waals surface area (Å²) in [4.78, 5) is 2.55. The summed E-state index contributed by atoms with van der Waals surface area (Å²) >= 11 is 0. The zero-order valence-electron chi connectivity index (χ0n) is 11.7. The number of nitrogens with zero attached hydrogens (tertiary/aromatic N) is 1. The molecule has 1 atom stereocenters. The van der Waals surface area contributed by atoms with Crippen molar-refractivity contribution < 1.29 is 4.74 Å². The van der Waals surface area contributed by atoms with E-state index in [0.29, 0.717) is 6.04 Å². The molecule has 1 saturated heterocycles. The molecule has 104 valence electrons. The van der Waals surface area contributed by atoms with Crippen LogP contribution in [0.3, 0.4) is 0 Å². The maximum absolute atomic E-state index is 5.95. The lowest BCUT2D eigenvalue weighted by atomic mass is 9.88. The van der Waals surface area contributed by atoms with Crippen molar-refractivity contribution in [3.8, 4) is 0 Å². The zero-order chi connectivity index (χ0) is 12.2. The van der Waals surface area contributed by atoms with Crippen LogP contribution in [-0.4, -0.2) is 44.3 Å². The molecule has 1 unspecified atom stereocenters. The van der Waals surface area contributed by atoms with E-state index in [1.807, 2.05) is 0 Å². The first-order valence-corrected chi connectivity index (χ1v) is 6.41. The quantitative estimate of drug-likeness (QED) is 0.827. The second kappa shape index (κ2) is 7.57. The molecule has 1 fully saturated rings. The number of halogens is 1. The minimum atomic E-state index is 0. The van der Waals surface area contributed by atoms with Crippen LogP contribution in [0.1, 0.15) is 33.6 Å². The summed E-state index contributed by atoms with van der Waals surface area (Å²) in [6, 6.07) is 0.356. The van der Waals surface area contributed by atoms with Crippen LogP contribution in [0.15, 0.2) is 0 Å². The Morgan fingerprint density at radius 1 is 1.35 bits per heavy atom. The molecule has 0 amide bonds. The number of ether oxygens (including phenoxy) is 1. The molecule has 0 radical (unpaired) electrons. The number of rotatable bonds is 5. The summed E-state index contributed by atoms with van der Waals surface area (Å²) in [5, 5.41) is 0. The number of likely N-dealkylation sites (tertiary alicyclic amines) is 1. The fourth-order valence-corrected chi connectivity index (χ4v) is 2.68. The van der Waals surface area contributed by atoms with Gasteiger partial charge in [0.2, 0.25) is 0 Å². The molecule has 0 saturated carbocycles. The van der Waals surface area contributed by atoms with E-state index in [4.69, 9.17) is 10.5 Å². The average molecular weight is 265 g/mol. The van der Waals surface area contributed by atoms with Crippen LogP contribution in [0, 0.1) is 11.3 Å². The van der Waals surface area contributed by atoms with Gasteiger partial charge in [0, 0.05) is 25.1 Å². The Morgan fingerprint density at radius 2 is 1.88 bits per heavy atom. The summed E-state index contributed by atoms with van der Waals surface area (Å²) in [7, 11) is 1.78. The Balaban J connectivity index is 0.00000256. The zero-order valence-corrected chi connectivity index (χ0v) is 12.6. The Hall–Kier alpha value is 0.170. The summed E-state index contributed by atoms with van der Waals surface area (Å²) in [5.41, 5.74) is 6.21. The van der Waals surface area contributed by atoms with Crippen molar-refractivity contribution in [1.29, 1.82) is 0 Å². The molecule has 1 aliphatic heterocycles. The average Bonchev–Trinajstić information content (AvgIpc) is 2.17. The van der Waals surface area contributed by atoms with E-state index in [1.165, 1.54) is 25.9 Å². The largest absolute Gasteiger partial charge is 0.384 e. The van der Waals surface area contributed by atoms with Crippen molar-refractivity contribution >= 4 is 12.4 Å².